The molecule has 0 aliphatic carbocycles. The lowest BCUT2D eigenvalue weighted by Crippen LogP contribution is -2.28. The molecular weight excluding hydrogens is 277 g/mol. The highest BCUT2D eigenvalue weighted by Crippen LogP contribution is 2.25. The van der Waals surface area contributed by atoms with Crippen molar-refractivity contribution in [1.82, 2.24) is 5.32 Å². The van der Waals surface area contributed by atoms with Gasteiger partial charge in [0.15, 0.2) is 6.61 Å². The van der Waals surface area contributed by atoms with Crippen molar-refractivity contribution in [3.05, 3.63) is 41.1 Å². The number of hydrogen-bond acceptors (Lipinski definition) is 2. The molecule has 0 fully saturated rings. The second-order valence-electron chi connectivity index (χ2n) is 2.96. The Morgan fingerprint density at radius 2 is 2.38 bits per heavy atom. The van der Waals surface area contributed by atoms with Crippen molar-refractivity contribution in [3.63, 3.8) is 0 Å². The van der Waals surface area contributed by atoms with Gasteiger partial charge in [0.1, 0.15) is 11.6 Å². The van der Waals surface area contributed by atoms with Crippen LogP contribution in [-0.2, 0) is 4.79 Å². The molecule has 1 aromatic carbocycles. The summed E-state index contributed by atoms with van der Waals surface area (Å²) in [5.41, 5.74) is 0. The number of hydrogen-bond donors (Lipinski definition) is 1. The van der Waals surface area contributed by atoms with Crippen LogP contribution >= 0.6 is 15.9 Å². The Morgan fingerprint density at radius 3 is 3.00 bits per heavy atom. The third-order valence-corrected chi connectivity index (χ3v) is 2.32. The maximum atomic E-state index is 12.7. The minimum absolute atomic E-state index is 0.113. The summed E-state index contributed by atoms with van der Waals surface area (Å²) in [5.74, 6) is -0.193. The van der Waals surface area contributed by atoms with Crippen LogP contribution in [-0.4, -0.2) is 19.1 Å². The molecule has 1 aromatic rings. The van der Waals surface area contributed by atoms with Crippen molar-refractivity contribution >= 4 is 21.8 Å². The molecule has 1 rings (SSSR count). The van der Waals surface area contributed by atoms with E-state index in [4.69, 9.17) is 4.74 Å². The van der Waals surface area contributed by atoms with Crippen molar-refractivity contribution in [2.75, 3.05) is 13.2 Å². The van der Waals surface area contributed by atoms with E-state index >= 15 is 0 Å². The summed E-state index contributed by atoms with van der Waals surface area (Å²) in [6.07, 6.45) is 1.58. The topological polar surface area (TPSA) is 38.3 Å². The van der Waals surface area contributed by atoms with E-state index in [0.29, 0.717) is 16.8 Å². The van der Waals surface area contributed by atoms with Crippen molar-refractivity contribution in [2.24, 2.45) is 0 Å². The van der Waals surface area contributed by atoms with E-state index in [2.05, 4.69) is 27.8 Å². The minimum atomic E-state index is -0.365. The van der Waals surface area contributed by atoms with Gasteiger partial charge in [-0.15, -0.1) is 6.58 Å². The molecular formula is C11H11BrFNO2. The van der Waals surface area contributed by atoms with Gasteiger partial charge < -0.3 is 10.1 Å². The number of amides is 1. The average Bonchev–Trinajstić information content (AvgIpc) is 2.25. The number of nitrogens with one attached hydrogen (secondary N) is 1. The summed E-state index contributed by atoms with van der Waals surface area (Å²) in [5, 5.41) is 2.56. The van der Waals surface area contributed by atoms with E-state index < -0.39 is 0 Å². The minimum Gasteiger partial charge on any atom is -0.483 e. The second kappa shape index (κ2) is 6.27. The quantitative estimate of drug-likeness (QED) is 0.844. The van der Waals surface area contributed by atoms with Gasteiger partial charge in [0, 0.05) is 6.54 Å². The van der Waals surface area contributed by atoms with Crippen LogP contribution in [0, 0.1) is 5.82 Å². The van der Waals surface area contributed by atoms with Crippen LogP contribution in [0.25, 0.3) is 0 Å². The second-order valence-corrected chi connectivity index (χ2v) is 3.81. The Labute approximate surface area is 101 Å². The Balaban J connectivity index is 2.48. The predicted octanol–water partition coefficient (Wildman–Crippen LogP) is 2.27. The molecule has 0 spiro atoms. The summed E-state index contributed by atoms with van der Waals surface area (Å²) in [7, 11) is 0. The van der Waals surface area contributed by atoms with E-state index in [1.165, 1.54) is 18.2 Å². The first kappa shape index (κ1) is 12.7. The summed E-state index contributed by atoms with van der Waals surface area (Å²) >= 11 is 3.14. The average molecular weight is 288 g/mol. The number of rotatable bonds is 5. The highest BCUT2D eigenvalue weighted by atomic mass is 79.9. The number of carbonyl (C=O) groups excluding carboxylic acids is 1. The normalized spacial score (nSPS) is 9.62. The number of benzene rings is 1. The zero-order valence-corrected chi connectivity index (χ0v) is 10.1. The molecule has 0 radical (unpaired) electrons. The largest absolute Gasteiger partial charge is 0.483 e. The molecule has 86 valence electrons. The lowest BCUT2D eigenvalue weighted by atomic mass is 10.3. The third kappa shape index (κ3) is 4.02. The molecule has 5 heteroatoms. The van der Waals surface area contributed by atoms with Gasteiger partial charge in [0.2, 0.25) is 0 Å². The van der Waals surface area contributed by atoms with E-state index in [-0.39, 0.29) is 18.3 Å². The fourth-order valence-corrected chi connectivity index (χ4v) is 1.44. The van der Waals surface area contributed by atoms with Gasteiger partial charge in [-0.1, -0.05) is 6.08 Å². The Kier molecular flexibility index (Phi) is 4.98. The van der Waals surface area contributed by atoms with E-state index in [0.717, 1.165) is 0 Å². The standard InChI is InChI=1S/C11H11BrFNO2/c1-2-5-14-11(15)7-16-10-4-3-8(13)6-9(10)12/h2-4,6H,1,5,7H2,(H,14,15). The van der Waals surface area contributed by atoms with Crippen LogP contribution in [0.1, 0.15) is 0 Å². The molecule has 0 aliphatic rings. The zero-order valence-electron chi connectivity index (χ0n) is 8.50. The summed E-state index contributed by atoms with van der Waals surface area (Å²) in [6, 6.07) is 4.00. The lowest BCUT2D eigenvalue weighted by Gasteiger charge is -2.07. The molecule has 1 amide bonds. The van der Waals surface area contributed by atoms with Crippen molar-refractivity contribution in [1.29, 1.82) is 0 Å². The number of carbonyl (C=O) groups is 1. The molecule has 1 N–H and O–H groups in total. The Bertz CT molecular complexity index is 396. The van der Waals surface area contributed by atoms with Gasteiger partial charge >= 0.3 is 0 Å². The fourth-order valence-electron chi connectivity index (χ4n) is 0.973. The first-order valence-corrected chi connectivity index (χ1v) is 5.38. The lowest BCUT2D eigenvalue weighted by molar-refractivity contribution is -0.122. The molecule has 0 aromatic heterocycles. The highest BCUT2D eigenvalue weighted by molar-refractivity contribution is 9.10. The highest BCUT2D eigenvalue weighted by Gasteiger charge is 2.05. The first-order chi connectivity index (χ1) is 7.63. The van der Waals surface area contributed by atoms with Gasteiger partial charge in [-0.3, -0.25) is 4.79 Å². The van der Waals surface area contributed by atoms with Crippen LogP contribution < -0.4 is 10.1 Å². The smallest absolute Gasteiger partial charge is 0.258 e. The van der Waals surface area contributed by atoms with Gasteiger partial charge in [0.05, 0.1) is 4.47 Å². The maximum Gasteiger partial charge on any atom is 0.258 e. The van der Waals surface area contributed by atoms with Crippen molar-refractivity contribution in [3.8, 4) is 5.75 Å². The molecule has 16 heavy (non-hydrogen) atoms. The fraction of sp³-hybridized carbons (Fsp3) is 0.182. The van der Waals surface area contributed by atoms with Crippen molar-refractivity contribution < 1.29 is 13.9 Å². The number of halogens is 2. The molecule has 3 nitrogen and oxygen atoms in total. The molecule has 0 bridgehead atoms. The number of ether oxygens (including phenoxy) is 1. The van der Waals surface area contributed by atoms with Gasteiger partial charge in [-0.05, 0) is 34.1 Å². The molecule has 0 heterocycles. The first-order valence-electron chi connectivity index (χ1n) is 4.59. The van der Waals surface area contributed by atoms with Crippen LogP contribution in [0.15, 0.2) is 35.3 Å². The third-order valence-electron chi connectivity index (χ3n) is 1.70. The summed E-state index contributed by atoms with van der Waals surface area (Å²) in [6.45, 7) is 3.75. The van der Waals surface area contributed by atoms with Gasteiger partial charge in [0.25, 0.3) is 5.91 Å². The Hall–Kier alpha value is -1.36. The van der Waals surface area contributed by atoms with Gasteiger partial charge in [-0.2, -0.15) is 0 Å². The SMILES string of the molecule is C=CCNC(=O)COc1ccc(F)cc1Br. The Morgan fingerprint density at radius 1 is 1.62 bits per heavy atom. The monoisotopic (exact) mass is 287 g/mol. The zero-order chi connectivity index (χ0) is 12.0. The summed E-state index contributed by atoms with van der Waals surface area (Å²) < 4.78 is 18.4. The van der Waals surface area contributed by atoms with E-state index in [9.17, 15) is 9.18 Å². The summed E-state index contributed by atoms with van der Waals surface area (Å²) in [4.78, 5) is 11.2. The van der Waals surface area contributed by atoms with Crippen LogP contribution in [0.4, 0.5) is 4.39 Å². The molecule has 0 atom stereocenters. The van der Waals surface area contributed by atoms with Gasteiger partial charge in [-0.25, -0.2) is 4.39 Å². The van der Waals surface area contributed by atoms with E-state index in [1.807, 2.05) is 0 Å². The molecule has 0 aliphatic heterocycles. The van der Waals surface area contributed by atoms with Crippen LogP contribution in [0.5, 0.6) is 5.75 Å². The van der Waals surface area contributed by atoms with E-state index in [1.54, 1.807) is 6.08 Å². The molecule has 0 saturated carbocycles. The van der Waals surface area contributed by atoms with Crippen molar-refractivity contribution in [2.45, 2.75) is 0 Å². The van der Waals surface area contributed by atoms with Crippen LogP contribution in [0.2, 0.25) is 0 Å². The maximum absolute atomic E-state index is 12.7. The predicted molar refractivity (Wildman–Crippen MR) is 62.8 cm³/mol. The molecule has 0 saturated heterocycles. The molecule has 0 unspecified atom stereocenters. The van der Waals surface area contributed by atoms with Crippen LogP contribution in [0.3, 0.4) is 0 Å².